The number of benzene rings is 1. The number of hydrogen-bond donors (Lipinski definition) is 1. The van der Waals surface area contributed by atoms with Crippen LogP contribution >= 0.6 is 0 Å². The maximum absolute atomic E-state index is 13.1. The van der Waals surface area contributed by atoms with E-state index in [1.807, 2.05) is 44.9 Å². The third kappa shape index (κ3) is 5.20. The molecule has 0 aliphatic carbocycles. The summed E-state index contributed by atoms with van der Waals surface area (Å²) >= 11 is 0. The highest BCUT2D eigenvalue weighted by molar-refractivity contribution is 5.78. The second kappa shape index (κ2) is 8.11. The van der Waals surface area contributed by atoms with E-state index in [4.69, 9.17) is 4.42 Å². The van der Waals surface area contributed by atoms with Crippen molar-refractivity contribution in [2.45, 2.75) is 33.4 Å². The van der Waals surface area contributed by atoms with Gasteiger partial charge in [0.15, 0.2) is 0 Å². The molecule has 0 fully saturated rings. The first-order chi connectivity index (χ1) is 11.3. The molecule has 5 heteroatoms. The zero-order chi connectivity index (χ0) is 17.7. The van der Waals surface area contributed by atoms with Crippen molar-refractivity contribution >= 4 is 5.91 Å². The standard InChI is InChI=1S/C19H25FN2O2/c1-13(2)19(15-6-8-16(20)9-7-15)21-18(23)12-22(4)11-17-10-5-14(3)24-17/h5-10,13,19H,11-12H2,1-4H3,(H,21,23). The molecule has 1 aromatic carbocycles. The predicted octanol–water partition coefficient (Wildman–Crippen LogP) is 3.67. The van der Waals surface area contributed by atoms with Gasteiger partial charge in [0.1, 0.15) is 17.3 Å². The third-order valence-corrected chi connectivity index (χ3v) is 3.85. The molecular weight excluding hydrogens is 307 g/mol. The van der Waals surface area contributed by atoms with Crippen molar-refractivity contribution in [1.29, 1.82) is 0 Å². The van der Waals surface area contributed by atoms with E-state index in [2.05, 4.69) is 5.32 Å². The molecule has 1 heterocycles. The van der Waals surface area contributed by atoms with Crippen molar-refractivity contribution in [3.05, 3.63) is 59.3 Å². The Hall–Kier alpha value is -2.14. The van der Waals surface area contributed by atoms with Gasteiger partial charge in [0.05, 0.1) is 19.1 Å². The highest BCUT2D eigenvalue weighted by Crippen LogP contribution is 2.22. The van der Waals surface area contributed by atoms with Gasteiger partial charge in [-0.3, -0.25) is 9.69 Å². The average molecular weight is 332 g/mol. The normalized spacial score (nSPS) is 12.6. The summed E-state index contributed by atoms with van der Waals surface area (Å²) in [4.78, 5) is 14.2. The molecule has 0 aliphatic rings. The second-order valence-electron chi connectivity index (χ2n) is 6.53. The van der Waals surface area contributed by atoms with Crippen molar-refractivity contribution in [3.63, 3.8) is 0 Å². The van der Waals surface area contributed by atoms with Crippen molar-refractivity contribution < 1.29 is 13.6 Å². The van der Waals surface area contributed by atoms with E-state index in [9.17, 15) is 9.18 Å². The molecular formula is C19H25FN2O2. The summed E-state index contributed by atoms with van der Waals surface area (Å²) in [6, 6.07) is 9.96. The molecule has 0 saturated carbocycles. The molecule has 2 rings (SSSR count). The number of rotatable bonds is 7. The lowest BCUT2D eigenvalue weighted by atomic mass is 9.96. The minimum atomic E-state index is -0.277. The van der Waals surface area contributed by atoms with E-state index in [1.165, 1.54) is 12.1 Å². The number of likely N-dealkylation sites (N-methyl/N-ethyl adjacent to an activating group) is 1. The molecule has 1 aromatic heterocycles. The fraction of sp³-hybridized carbons (Fsp3) is 0.421. The molecule has 0 radical (unpaired) electrons. The first kappa shape index (κ1) is 18.2. The first-order valence-corrected chi connectivity index (χ1v) is 8.14. The molecule has 130 valence electrons. The van der Waals surface area contributed by atoms with E-state index in [0.29, 0.717) is 6.54 Å². The number of nitrogens with zero attached hydrogens (tertiary/aromatic N) is 1. The molecule has 1 atom stereocenters. The molecule has 4 nitrogen and oxygen atoms in total. The largest absolute Gasteiger partial charge is 0.465 e. The van der Waals surface area contributed by atoms with Crippen molar-refractivity contribution in [2.24, 2.45) is 5.92 Å². The lowest BCUT2D eigenvalue weighted by Crippen LogP contribution is -2.38. The highest BCUT2D eigenvalue weighted by atomic mass is 19.1. The Morgan fingerprint density at radius 1 is 1.21 bits per heavy atom. The Morgan fingerprint density at radius 3 is 2.42 bits per heavy atom. The smallest absolute Gasteiger partial charge is 0.234 e. The van der Waals surface area contributed by atoms with Crippen LogP contribution in [0.2, 0.25) is 0 Å². The van der Waals surface area contributed by atoms with Gasteiger partial charge >= 0.3 is 0 Å². The van der Waals surface area contributed by atoms with Crippen LogP contribution in [0, 0.1) is 18.7 Å². The second-order valence-corrected chi connectivity index (χ2v) is 6.53. The quantitative estimate of drug-likeness (QED) is 0.841. The zero-order valence-electron chi connectivity index (χ0n) is 14.7. The summed E-state index contributed by atoms with van der Waals surface area (Å²) in [5, 5.41) is 3.04. The first-order valence-electron chi connectivity index (χ1n) is 8.14. The summed E-state index contributed by atoms with van der Waals surface area (Å²) in [6.07, 6.45) is 0. The van der Waals surface area contributed by atoms with Crippen LogP contribution in [-0.4, -0.2) is 24.4 Å². The van der Waals surface area contributed by atoms with Gasteiger partial charge in [0.25, 0.3) is 0 Å². The van der Waals surface area contributed by atoms with Crippen LogP contribution in [0.3, 0.4) is 0 Å². The van der Waals surface area contributed by atoms with Crippen LogP contribution in [0.4, 0.5) is 4.39 Å². The maximum Gasteiger partial charge on any atom is 0.234 e. The molecule has 0 saturated heterocycles. The van der Waals surface area contributed by atoms with E-state index in [0.717, 1.165) is 17.1 Å². The summed E-state index contributed by atoms with van der Waals surface area (Å²) in [6.45, 7) is 6.80. The van der Waals surface area contributed by atoms with E-state index in [-0.39, 0.29) is 30.2 Å². The molecule has 0 spiro atoms. The van der Waals surface area contributed by atoms with Crippen LogP contribution in [0.5, 0.6) is 0 Å². The summed E-state index contributed by atoms with van der Waals surface area (Å²) < 4.78 is 18.6. The summed E-state index contributed by atoms with van der Waals surface area (Å²) in [5.74, 6) is 1.56. The van der Waals surface area contributed by atoms with Crippen LogP contribution in [0.1, 0.15) is 37.0 Å². The molecule has 0 bridgehead atoms. The number of aryl methyl sites for hydroxylation is 1. The van der Waals surface area contributed by atoms with Crippen molar-refractivity contribution in [2.75, 3.05) is 13.6 Å². The van der Waals surface area contributed by atoms with E-state index in [1.54, 1.807) is 12.1 Å². The van der Waals surface area contributed by atoms with Crippen molar-refractivity contribution in [3.8, 4) is 0 Å². The predicted molar refractivity (Wildman–Crippen MR) is 91.9 cm³/mol. The van der Waals surface area contributed by atoms with Crippen LogP contribution < -0.4 is 5.32 Å². The van der Waals surface area contributed by atoms with Gasteiger partial charge in [0, 0.05) is 0 Å². The average Bonchev–Trinajstić information content (AvgIpc) is 2.90. The van der Waals surface area contributed by atoms with Gasteiger partial charge in [-0.25, -0.2) is 4.39 Å². The highest BCUT2D eigenvalue weighted by Gasteiger charge is 2.19. The van der Waals surface area contributed by atoms with Gasteiger partial charge in [0.2, 0.25) is 5.91 Å². The lowest BCUT2D eigenvalue weighted by molar-refractivity contribution is -0.123. The van der Waals surface area contributed by atoms with Gasteiger partial charge in [-0.1, -0.05) is 26.0 Å². The van der Waals surface area contributed by atoms with Gasteiger partial charge in [-0.2, -0.15) is 0 Å². The molecule has 1 N–H and O–H groups in total. The maximum atomic E-state index is 13.1. The van der Waals surface area contributed by atoms with E-state index >= 15 is 0 Å². The molecule has 24 heavy (non-hydrogen) atoms. The summed E-state index contributed by atoms with van der Waals surface area (Å²) in [5.41, 5.74) is 0.907. The number of nitrogens with one attached hydrogen (secondary N) is 1. The fourth-order valence-corrected chi connectivity index (χ4v) is 2.66. The minimum absolute atomic E-state index is 0.0659. The molecule has 0 aliphatic heterocycles. The number of carbonyl (C=O) groups excluding carboxylic acids is 1. The van der Waals surface area contributed by atoms with Crippen LogP contribution in [0.25, 0.3) is 0 Å². The number of furan rings is 1. The Labute approximate surface area is 142 Å². The number of halogens is 1. The molecule has 2 aromatic rings. The SMILES string of the molecule is Cc1ccc(CN(C)CC(=O)NC(c2ccc(F)cc2)C(C)C)o1. The van der Waals surface area contributed by atoms with Gasteiger partial charge in [-0.05, 0) is 49.7 Å². The third-order valence-electron chi connectivity index (χ3n) is 3.85. The Bertz CT molecular complexity index is 664. The van der Waals surface area contributed by atoms with E-state index < -0.39 is 0 Å². The Morgan fingerprint density at radius 2 is 1.88 bits per heavy atom. The van der Waals surface area contributed by atoms with Crippen molar-refractivity contribution in [1.82, 2.24) is 10.2 Å². The molecule has 1 unspecified atom stereocenters. The molecule has 1 amide bonds. The van der Waals surface area contributed by atoms with Gasteiger partial charge in [-0.15, -0.1) is 0 Å². The van der Waals surface area contributed by atoms with Crippen LogP contribution in [-0.2, 0) is 11.3 Å². The topological polar surface area (TPSA) is 45.5 Å². The fourth-order valence-electron chi connectivity index (χ4n) is 2.66. The Balaban J connectivity index is 1.94. The lowest BCUT2D eigenvalue weighted by Gasteiger charge is -2.24. The number of hydrogen-bond acceptors (Lipinski definition) is 3. The number of carbonyl (C=O) groups is 1. The van der Waals surface area contributed by atoms with Gasteiger partial charge < -0.3 is 9.73 Å². The van der Waals surface area contributed by atoms with Crippen LogP contribution in [0.15, 0.2) is 40.8 Å². The Kier molecular flexibility index (Phi) is 6.15. The minimum Gasteiger partial charge on any atom is -0.465 e. The summed E-state index contributed by atoms with van der Waals surface area (Å²) in [7, 11) is 1.87. The number of amides is 1. The zero-order valence-corrected chi connectivity index (χ0v) is 14.7. The monoisotopic (exact) mass is 332 g/mol.